The summed E-state index contributed by atoms with van der Waals surface area (Å²) in [5.74, 6) is -0.0112. The fourth-order valence-electron chi connectivity index (χ4n) is 2.19. The maximum absolute atomic E-state index is 10.3. The van der Waals surface area contributed by atoms with Crippen LogP contribution in [-0.2, 0) is 6.42 Å². The Morgan fingerprint density at radius 2 is 1.57 bits per heavy atom. The summed E-state index contributed by atoms with van der Waals surface area (Å²) in [5.41, 5.74) is 2.70. The van der Waals surface area contributed by atoms with Gasteiger partial charge in [-0.2, -0.15) is 0 Å². The number of allylic oxidation sites excluding steroid dienone is 2. The highest BCUT2D eigenvalue weighted by atomic mass is 16.3. The summed E-state index contributed by atoms with van der Waals surface area (Å²) in [4.78, 5) is 0. The Balaban J connectivity index is 2.34. The second-order valence-electron chi connectivity index (χ2n) is 5.60. The van der Waals surface area contributed by atoms with Crippen molar-refractivity contribution in [2.75, 3.05) is 0 Å². The Labute approximate surface area is 135 Å². The van der Waals surface area contributed by atoms with Crippen LogP contribution in [0.15, 0.2) is 42.0 Å². The molecule has 0 bridgehead atoms. The molecule has 4 N–H and O–H groups in total. The fourth-order valence-corrected chi connectivity index (χ4v) is 2.19. The van der Waals surface area contributed by atoms with Crippen LogP contribution in [0.3, 0.4) is 0 Å². The van der Waals surface area contributed by atoms with E-state index in [1.54, 1.807) is 18.2 Å². The Hall–Kier alpha value is -2.88. The van der Waals surface area contributed by atoms with E-state index < -0.39 is 0 Å². The molecule has 0 spiro atoms. The van der Waals surface area contributed by atoms with Crippen molar-refractivity contribution in [3.63, 3.8) is 0 Å². The molecule has 0 aliphatic heterocycles. The molecule has 120 valence electrons. The van der Waals surface area contributed by atoms with Crippen LogP contribution in [0.4, 0.5) is 0 Å². The molecule has 0 saturated heterocycles. The summed E-state index contributed by atoms with van der Waals surface area (Å²) in [6.45, 7) is 3.90. The number of hydrogen-bond acceptors (Lipinski definition) is 4. The van der Waals surface area contributed by atoms with E-state index in [9.17, 15) is 20.4 Å². The summed E-state index contributed by atoms with van der Waals surface area (Å²) in [6.07, 6.45) is 5.69. The van der Waals surface area contributed by atoms with E-state index in [1.807, 2.05) is 19.9 Å². The summed E-state index contributed by atoms with van der Waals surface area (Å²) in [7, 11) is 0. The predicted molar refractivity (Wildman–Crippen MR) is 91.6 cm³/mol. The van der Waals surface area contributed by atoms with Gasteiger partial charge in [0.2, 0.25) is 0 Å². The first-order valence-electron chi connectivity index (χ1n) is 7.25. The number of phenols is 4. The van der Waals surface area contributed by atoms with Crippen molar-refractivity contribution < 1.29 is 20.4 Å². The van der Waals surface area contributed by atoms with Gasteiger partial charge >= 0.3 is 0 Å². The average molecular weight is 312 g/mol. The molecular weight excluding hydrogens is 292 g/mol. The normalized spacial score (nSPS) is 10.9. The van der Waals surface area contributed by atoms with Gasteiger partial charge in [-0.15, -0.1) is 0 Å². The lowest BCUT2D eigenvalue weighted by molar-refractivity contribution is 0.440. The van der Waals surface area contributed by atoms with E-state index in [4.69, 9.17) is 0 Å². The quantitative estimate of drug-likeness (QED) is 0.504. The summed E-state index contributed by atoms with van der Waals surface area (Å²) in [5, 5.41) is 39.2. The average Bonchev–Trinajstić information content (AvgIpc) is 2.45. The van der Waals surface area contributed by atoms with Gasteiger partial charge < -0.3 is 20.4 Å². The molecule has 0 unspecified atom stereocenters. The first-order chi connectivity index (χ1) is 10.9. The molecule has 0 fully saturated rings. The first kappa shape index (κ1) is 16.5. The molecule has 0 radical (unpaired) electrons. The molecule has 2 aromatic carbocycles. The van der Waals surface area contributed by atoms with E-state index in [-0.39, 0.29) is 23.0 Å². The van der Waals surface area contributed by atoms with Crippen molar-refractivity contribution in [1.29, 1.82) is 0 Å². The summed E-state index contributed by atoms with van der Waals surface area (Å²) >= 11 is 0. The highest BCUT2D eigenvalue weighted by Crippen LogP contribution is 2.33. The SMILES string of the molecule is CC(C)=CCc1c(O)ccc(/C=C/c2cc(O)cc(O)c2)c1O. The Kier molecular flexibility index (Phi) is 4.96. The lowest BCUT2D eigenvalue weighted by Crippen LogP contribution is -1.88. The van der Waals surface area contributed by atoms with Crippen LogP contribution >= 0.6 is 0 Å². The van der Waals surface area contributed by atoms with Crippen molar-refractivity contribution in [1.82, 2.24) is 0 Å². The topological polar surface area (TPSA) is 80.9 Å². The van der Waals surface area contributed by atoms with Gasteiger partial charge in [0.05, 0.1) is 0 Å². The molecule has 0 aliphatic carbocycles. The van der Waals surface area contributed by atoms with Crippen LogP contribution in [0.25, 0.3) is 12.2 Å². The largest absolute Gasteiger partial charge is 0.508 e. The van der Waals surface area contributed by atoms with Gasteiger partial charge in [-0.25, -0.2) is 0 Å². The van der Waals surface area contributed by atoms with Crippen molar-refractivity contribution in [3.05, 3.63) is 58.7 Å². The molecule has 0 atom stereocenters. The number of phenolic OH excluding ortho intramolecular Hbond substituents is 4. The van der Waals surface area contributed by atoms with Gasteiger partial charge in [0, 0.05) is 17.2 Å². The third kappa shape index (κ3) is 4.30. The zero-order valence-electron chi connectivity index (χ0n) is 13.1. The number of hydrogen-bond donors (Lipinski definition) is 4. The predicted octanol–water partition coefficient (Wildman–Crippen LogP) is 4.19. The summed E-state index contributed by atoms with van der Waals surface area (Å²) in [6, 6.07) is 7.38. The minimum Gasteiger partial charge on any atom is -0.508 e. The molecule has 0 amide bonds. The van der Waals surface area contributed by atoms with E-state index in [0.717, 1.165) is 5.57 Å². The standard InChI is InChI=1S/C19H20O4/c1-12(2)3-7-17-18(22)8-6-14(19(17)23)5-4-13-9-15(20)11-16(21)10-13/h3-6,8-11,20-23H,7H2,1-2H3/b5-4+. The Bertz CT molecular complexity index is 749. The smallest absolute Gasteiger partial charge is 0.129 e. The summed E-state index contributed by atoms with van der Waals surface area (Å²) < 4.78 is 0. The highest BCUT2D eigenvalue weighted by molar-refractivity contribution is 5.75. The third-order valence-corrected chi connectivity index (χ3v) is 3.38. The molecule has 4 nitrogen and oxygen atoms in total. The molecule has 23 heavy (non-hydrogen) atoms. The van der Waals surface area contributed by atoms with Crippen LogP contribution in [0.5, 0.6) is 23.0 Å². The van der Waals surface area contributed by atoms with Crippen molar-refractivity contribution >= 4 is 12.2 Å². The second-order valence-corrected chi connectivity index (χ2v) is 5.60. The zero-order chi connectivity index (χ0) is 17.0. The van der Waals surface area contributed by atoms with Crippen molar-refractivity contribution in [3.8, 4) is 23.0 Å². The van der Waals surface area contributed by atoms with Gasteiger partial charge in [-0.1, -0.05) is 23.8 Å². The van der Waals surface area contributed by atoms with Crippen LogP contribution in [-0.4, -0.2) is 20.4 Å². The monoisotopic (exact) mass is 312 g/mol. The van der Waals surface area contributed by atoms with E-state index >= 15 is 0 Å². The number of benzene rings is 2. The molecule has 2 aromatic rings. The van der Waals surface area contributed by atoms with Gasteiger partial charge in [0.15, 0.2) is 0 Å². The maximum Gasteiger partial charge on any atom is 0.129 e. The third-order valence-electron chi connectivity index (χ3n) is 3.38. The highest BCUT2D eigenvalue weighted by Gasteiger charge is 2.09. The van der Waals surface area contributed by atoms with Crippen LogP contribution in [0.1, 0.15) is 30.5 Å². The minimum absolute atomic E-state index is 0.0168. The zero-order valence-corrected chi connectivity index (χ0v) is 13.1. The van der Waals surface area contributed by atoms with Gasteiger partial charge in [0.25, 0.3) is 0 Å². The Morgan fingerprint density at radius 3 is 2.17 bits per heavy atom. The fraction of sp³-hybridized carbons (Fsp3) is 0.158. The number of aromatic hydroxyl groups is 4. The van der Waals surface area contributed by atoms with Gasteiger partial charge in [-0.05, 0) is 50.1 Å². The lowest BCUT2D eigenvalue weighted by Gasteiger charge is -2.08. The van der Waals surface area contributed by atoms with Crippen LogP contribution < -0.4 is 0 Å². The molecule has 0 saturated carbocycles. The molecule has 0 aromatic heterocycles. The Morgan fingerprint density at radius 1 is 0.913 bits per heavy atom. The van der Waals surface area contributed by atoms with Gasteiger partial charge in [-0.3, -0.25) is 0 Å². The van der Waals surface area contributed by atoms with Crippen LogP contribution in [0.2, 0.25) is 0 Å². The molecule has 0 aliphatic rings. The van der Waals surface area contributed by atoms with Crippen LogP contribution in [0, 0.1) is 0 Å². The van der Waals surface area contributed by atoms with Crippen molar-refractivity contribution in [2.45, 2.75) is 20.3 Å². The molecule has 0 heterocycles. The minimum atomic E-state index is -0.0381. The molecular formula is C19H20O4. The number of rotatable bonds is 4. The second kappa shape index (κ2) is 6.92. The lowest BCUT2D eigenvalue weighted by atomic mass is 10.0. The molecule has 4 heteroatoms. The maximum atomic E-state index is 10.3. The molecule has 2 rings (SSSR count). The first-order valence-corrected chi connectivity index (χ1v) is 7.25. The van der Waals surface area contributed by atoms with E-state index in [0.29, 0.717) is 23.1 Å². The van der Waals surface area contributed by atoms with E-state index in [1.165, 1.54) is 24.3 Å². The van der Waals surface area contributed by atoms with Gasteiger partial charge in [0.1, 0.15) is 23.0 Å². The van der Waals surface area contributed by atoms with Crippen molar-refractivity contribution in [2.24, 2.45) is 0 Å². The van der Waals surface area contributed by atoms with E-state index in [2.05, 4.69) is 0 Å².